The quantitative estimate of drug-likeness (QED) is 0.761. The van der Waals surface area contributed by atoms with Gasteiger partial charge in [-0.25, -0.2) is 0 Å². The van der Waals surface area contributed by atoms with Gasteiger partial charge in [0.2, 0.25) is 5.91 Å². The maximum absolute atomic E-state index is 11.9. The van der Waals surface area contributed by atoms with Gasteiger partial charge < -0.3 is 5.32 Å². The fourth-order valence-corrected chi connectivity index (χ4v) is 3.16. The third-order valence-corrected chi connectivity index (χ3v) is 4.73. The number of hydrogen-bond acceptors (Lipinski definition) is 4. The number of hydrogen-bond donors (Lipinski definition) is 1. The van der Waals surface area contributed by atoms with Crippen molar-refractivity contribution in [2.75, 3.05) is 5.32 Å². The zero-order valence-electron chi connectivity index (χ0n) is 13.8. The van der Waals surface area contributed by atoms with Crippen molar-refractivity contribution in [3.63, 3.8) is 0 Å². The molecule has 0 bridgehead atoms. The van der Waals surface area contributed by atoms with Gasteiger partial charge in [-0.2, -0.15) is 0 Å². The van der Waals surface area contributed by atoms with Crippen molar-refractivity contribution in [3.8, 4) is 11.1 Å². The third-order valence-electron chi connectivity index (χ3n) is 4.45. The number of aromatic nitrogens is 3. The molecule has 5 nitrogen and oxygen atoms in total. The predicted molar refractivity (Wildman–Crippen MR) is 98.5 cm³/mol. The summed E-state index contributed by atoms with van der Waals surface area (Å²) >= 11 is 6.42. The summed E-state index contributed by atoms with van der Waals surface area (Å²) < 4.78 is 0. The molecule has 0 saturated heterocycles. The van der Waals surface area contributed by atoms with E-state index in [9.17, 15) is 4.79 Å². The second kappa shape index (κ2) is 6.41. The summed E-state index contributed by atoms with van der Waals surface area (Å²) in [6.07, 6.45) is 6.45. The fourth-order valence-electron chi connectivity index (χ4n) is 2.90. The molecule has 2 heterocycles. The minimum atomic E-state index is 0.0106. The Kier molecular flexibility index (Phi) is 4.09. The first-order chi connectivity index (χ1) is 12.2. The monoisotopic (exact) mass is 352 g/mol. The first-order valence-electron chi connectivity index (χ1n) is 8.37. The zero-order chi connectivity index (χ0) is 17.4. The summed E-state index contributed by atoms with van der Waals surface area (Å²) in [6, 6.07) is 7.73. The van der Waals surface area contributed by atoms with Crippen LogP contribution in [0.15, 0.2) is 36.7 Å². The van der Waals surface area contributed by atoms with E-state index in [4.69, 9.17) is 11.6 Å². The van der Waals surface area contributed by atoms with E-state index in [-0.39, 0.29) is 11.8 Å². The molecular formula is C19H17ClN4O. The van der Waals surface area contributed by atoms with Crippen LogP contribution in [0.4, 0.5) is 5.82 Å². The normalized spacial score (nSPS) is 13.8. The molecular weight excluding hydrogens is 336 g/mol. The van der Waals surface area contributed by atoms with Crippen LogP contribution in [0.5, 0.6) is 0 Å². The Bertz CT molecular complexity index is 969. The molecule has 25 heavy (non-hydrogen) atoms. The lowest BCUT2D eigenvalue weighted by molar-refractivity contribution is -0.117. The Morgan fingerprint density at radius 1 is 1.28 bits per heavy atom. The van der Waals surface area contributed by atoms with Crippen LogP contribution in [0.25, 0.3) is 22.0 Å². The van der Waals surface area contributed by atoms with Crippen LogP contribution in [0.3, 0.4) is 0 Å². The van der Waals surface area contributed by atoms with Gasteiger partial charge in [0.1, 0.15) is 5.52 Å². The Morgan fingerprint density at radius 3 is 2.88 bits per heavy atom. The number of aryl methyl sites for hydroxylation is 1. The number of rotatable bonds is 4. The van der Waals surface area contributed by atoms with Crippen LogP contribution in [-0.4, -0.2) is 21.1 Å². The van der Waals surface area contributed by atoms with Gasteiger partial charge in [0.25, 0.3) is 0 Å². The Morgan fingerprint density at radius 2 is 2.12 bits per heavy atom. The number of amides is 1. The van der Waals surface area contributed by atoms with E-state index in [1.54, 1.807) is 6.20 Å². The Balaban J connectivity index is 1.77. The first-order valence-corrected chi connectivity index (χ1v) is 8.74. The topological polar surface area (TPSA) is 67.8 Å². The second-order valence-electron chi connectivity index (χ2n) is 6.28. The summed E-state index contributed by atoms with van der Waals surface area (Å²) in [4.78, 5) is 16.2. The molecule has 1 N–H and O–H groups in total. The van der Waals surface area contributed by atoms with Crippen LogP contribution in [0, 0.1) is 5.92 Å². The lowest BCUT2D eigenvalue weighted by Gasteiger charge is -2.10. The first kappa shape index (κ1) is 16.0. The van der Waals surface area contributed by atoms with E-state index in [0.717, 1.165) is 35.8 Å². The highest BCUT2D eigenvalue weighted by molar-refractivity contribution is 6.35. The number of halogens is 1. The fraction of sp³-hybridized carbons (Fsp3) is 0.263. The summed E-state index contributed by atoms with van der Waals surface area (Å²) in [7, 11) is 0. The Hall–Kier alpha value is -2.53. The van der Waals surface area contributed by atoms with Crippen LogP contribution < -0.4 is 5.32 Å². The molecule has 0 aliphatic heterocycles. The van der Waals surface area contributed by atoms with Crippen molar-refractivity contribution in [3.05, 3.63) is 47.2 Å². The SMILES string of the molecule is CCc1ccncc1-c1cc(Cl)c2nnc(NC(=O)C3CC3)cc2c1. The Labute approximate surface area is 150 Å². The van der Waals surface area contributed by atoms with E-state index < -0.39 is 0 Å². The number of carbonyl (C=O) groups is 1. The van der Waals surface area contributed by atoms with Gasteiger partial charge in [0.15, 0.2) is 5.82 Å². The van der Waals surface area contributed by atoms with E-state index in [1.807, 2.05) is 30.5 Å². The minimum absolute atomic E-state index is 0.0106. The number of carbonyl (C=O) groups excluding carboxylic acids is 1. The zero-order valence-corrected chi connectivity index (χ0v) is 14.5. The van der Waals surface area contributed by atoms with Crippen molar-refractivity contribution < 1.29 is 4.79 Å². The molecule has 0 radical (unpaired) electrons. The van der Waals surface area contributed by atoms with Gasteiger partial charge in [-0.15, -0.1) is 10.2 Å². The standard InChI is InChI=1S/C19H17ClN4O/c1-2-11-5-6-21-10-15(11)13-7-14-9-17(22-19(25)12-3-4-12)23-24-18(14)16(20)8-13/h5-10,12H,2-4H2,1H3,(H,22,23,25). The average Bonchev–Trinajstić information content (AvgIpc) is 3.46. The summed E-state index contributed by atoms with van der Waals surface area (Å²) in [5.41, 5.74) is 3.86. The molecule has 1 fully saturated rings. The van der Waals surface area contributed by atoms with Gasteiger partial charge in [-0.05, 0) is 54.7 Å². The van der Waals surface area contributed by atoms with Gasteiger partial charge in [0.05, 0.1) is 5.02 Å². The van der Waals surface area contributed by atoms with Crippen molar-refractivity contribution in [2.24, 2.45) is 5.92 Å². The summed E-state index contributed by atoms with van der Waals surface area (Å²) in [5.74, 6) is 0.589. The molecule has 1 saturated carbocycles. The van der Waals surface area contributed by atoms with Crippen LogP contribution in [-0.2, 0) is 11.2 Å². The van der Waals surface area contributed by atoms with E-state index in [1.165, 1.54) is 5.56 Å². The number of pyridine rings is 1. The molecule has 0 spiro atoms. The number of nitrogens with one attached hydrogen (secondary N) is 1. The van der Waals surface area contributed by atoms with Crippen LogP contribution in [0.1, 0.15) is 25.3 Å². The molecule has 2 aromatic heterocycles. The predicted octanol–water partition coefficient (Wildman–Crippen LogP) is 4.26. The molecule has 1 amide bonds. The van der Waals surface area contributed by atoms with Crippen LogP contribution in [0.2, 0.25) is 5.02 Å². The van der Waals surface area contributed by atoms with Gasteiger partial charge in [-0.1, -0.05) is 18.5 Å². The second-order valence-corrected chi connectivity index (χ2v) is 6.68. The smallest absolute Gasteiger partial charge is 0.228 e. The van der Waals surface area contributed by atoms with E-state index in [0.29, 0.717) is 16.4 Å². The lowest BCUT2D eigenvalue weighted by Crippen LogP contribution is -2.14. The number of benzene rings is 1. The molecule has 1 aromatic carbocycles. The number of anilines is 1. The maximum atomic E-state index is 11.9. The molecule has 1 aliphatic carbocycles. The molecule has 126 valence electrons. The van der Waals surface area contributed by atoms with Gasteiger partial charge in [0, 0.05) is 29.3 Å². The molecule has 1 aliphatic rings. The van der Waals surface area contributed by atoms with Gasteiger partial charge in [-0.3, -0.25) is 9.78 Å². The highest BCUT2D eigenvalue weighted by atomic mass is 35.5. The van der Waals surface area contributed by atoms with Crippen molar-refractivity contribution in [1.29, 1.82) is 0 Å². The molecule has 0 unspecified atom stereocenters. The van der Waals surface area contributed by atoms with Crippen molar-refractivity contribution >= 4 is 34.2 Å². The van der Waals surface area contributed by atoms with Gasteiger partial charge >= 0.3 is 0 Å². The summed E-state index contributed by atoms with van der Waals surface area (Å²) in [6.45, 7) is 2.11. The molecule has 4 rings (SSSR count). The largest absolute Gasteiger partial charge is 0.309 e. The maximum Gasteiger partial charge on any atom is 0.228 e. The average molecular weight is 353 g/mol. The summed E-state index contributed by atoms with van der Waals surface area (Å²) in [5, 5.41) is 12.5. The number of fused-ring (bicyclic) bond motifs is 1. The third kappa shape index (κ3) is 3.20. The molecule has 3 aromatic rings. The van der Waals surface area contributed by atoms with E-state index >= 15 is 0 Å². The minimum Gasteiger partial charge on any atom is -0.309 e. The van der Waals surface area contributed by atoms with E-state index in [2.05, 4.69) is 27.4 Å². The number of nitrogens with zero attached hydrogens (tertiary/aromatic N) is 3. The van der Waals surface area contributed by atoms with Crippen molar-refractivity contribution in [2.45, 2.75) is 26.2 Å². The molecule has 6 heteroatoms. The highest BCUT2D eigenvalue weighted by Crippen LogP contribution is 2.33. The molecule has 0 atom stereocenters. The van der Waals surface area contributed by atoms with Crippen molar-refractivity contribution in [1.82, 2.24) is 15.2 Å². The van der Waals surface area contributed by atoms with Crippen LogP contribution >= 0.6 is 11.6 Å². The lowest BCUT2D eigenvalue weighted by atomic mass is 9.99. The highest BCUT2D eigenvalue weighted by Gasteiger charge is 2.29.